The zero-order valence-corrected chi connectivity index (χ0v) is 12.1. The maximum Gasteiger partial charge on any atom is 0.212 e. The molecule has 5 heteroatoms. The first-order valence-electron chi connectivity index (χ1n) is 6.57. The van der Waals surface area contributed by atoms with E-state index in [9.17, 15) is 8.42 Å². The zero-order chi connectivity index (χ0) is 12.9. The number of piperidine rings is 1. The lowest BCUT2D eigenvalue weighted by Gasteiger charge is -2.28. The van der Waals surface area contributed by atoms with Crippen molar-refractivity contribution in [3.63, 3.8) is 0 Å². The van der Waals surface area contributed by atoms with E-state index in [0.717, 1.165) is 38.8 Å². The van der Waals surface area contributed by atoms with Gasteiger partial charge in [-0.3, -0.25) is 0 Å². The van der Waals surface area contributed by atoms with Gasteiger partial charge in [-0.25, -0.2) is 13.1 Å². The highest BCUT2D eigenvalue weighted by Gasteiger charge is 2.27. The zero-order valence-electron chi connectivity index (χ0n) is 11.3. The first-order valence-corrected chi connectivity index (χ1v) is 8.22. The van der Waals surface area contributed by atoms with Crippen molar-refractivity contribution < 1.29 is 8.42 Å². The van der Waals surface area contributed by atoms with Gasteiger partial charge in [0.1, 0.15) is 0 Å². The van der Waals surface area contributed by atoms with Gasteiger partial charge in [0.2, 0.25) is 10.0 Å². The molecule has 1 saturated heterocycles. The van der Waals surface area contributed by atoms with Gasteiger partial charge in [0, 0.05) is 5.54 Å². The van der Waals surface area contributed by atoms with E-state index in [1.165, 1.54) is 0 Å². The minimum Gasteiger partial charge on any atom is -0.316 e. The van der Waals surface area contributed by atoms with Gasteiger partial charge in [0.15, 0.2) is 0 Å². The molecule has 2 N–H and O–H groups in total. The Bertz CT molecular complexity index is 319. The van der Waals surface area contributed by atoms with E-state index in [0.29, 0.717) is 0 Å². The average molecular weight is 262 g/mol. The van der Waals surface area contributed by atoms with E-state index < -0.39 is 10.0 Å². The van der Waals surface area contributed by atoms with Crippen LogP contribution in [0.15, 0.2) is 0 Å². The van der Waals surface area contributed by atoms with Crippen molar-refractivity contribution in [1.82, 2.24) is 10.0 Å². The highest BCUT2D eigenvalue weighted by atomic mass is 32.2. The van der Waals surface area contributed by atoms with Crippen molar-refractivity contribution in [3.05, 3.63) is 0 Å². The van der Waals surface area contributed by atoms with Gasteiger partial charge in [0.25, 0.3) is 0 Å². The monoisotopic (exact) mass is 262 g/mol. The molecule has 0 spiro atoms. The third-order valence-corrected chi connectivity index (χ3v) is 4.93. The number of sulfonamides is 1. The van der Waals surface area contributed by atoms with Crippen molar-refractivity contribution in [2.24, 2.45) is 5.92 Å². The second-order valence-corrected chi connectivity index (χ2v) is 7.50. The topological polar surface area (TPSA) is 58.2 Å². The van der Waals surface area contributed by atoms with Crippen LogP contribution in [0, 0.1) is 5.92 Å². The van der Waals surface area contributed by atoms with E-state index >= 15 is 0 Å². The van der Waals surface area contributed by atoms with E-state index in [-0.39, 0.29) is 17.2 Å². The summed E-state index contributed by atoms with van der Waals surface area (Å²) >= 11 is 0. The van der Waals surface area contributed by atoms with E-state index in [4.69, 9.17) is 0 Å². The quantitative estimate of drug-likeness (QED) is 0.762. The van der Waals surface area contributed by atoms with Gasteiger partial charge in [-0.1, -0.05) is 13.3 Å². The van der Waals surface area contributed by atoms with Crippen molar-refractivity contribution in [1.29, 1.82) is 0 Å². The van der Waals surface area contributed by atoms with Crippen LogP contribution in [0.5, 0.6) is 0 Å². The predicted molar refractivity (Wildman–Crippen MR) is 71.5 cm³/mol. The van der Waals surface area contributed by atoms with Gasteiger partial charge >= 0.3 is 0 Å². The lowest BCUT2D eigenvalue weighted by atomic mass is 10.0. The summed E-state index contributed by atoms with van der Waals surface area (Å²) in [6.07, 6.45) is 3.95. The molecule has 1 aliphatic heterocycles. The molecule has 1 aliphatic rings. The van der Waals surface area contributed by atoms with E-state index in [1.54, 1.807) is 0 Å². The highest BCUT2D eigenvalue weighted by Crippen LogP contribution is 2.16. The summed E-state index contributed by atoms with van der Waals surface area (Å²) < 4.78 is 26.9. The standard InChI is InChI=1S/C12H26N2O2S/c1-4-7-12(2,3)14-17(15,16)10-11-6-5-8-13-9-11/h11,13-14H,4-10H2,1-3H3. The van der Waals surface area contributed by atoms with Crippen LogP contribution >= 0.6 is 0 Å². The lowest BCUT2D eigenvalue weighted by Crippen LogP contribution is -2.46. The van der Waals surface area contributed by atoms with Crippen molar-refractivity contribution in [3.8, 4) is 0 Å². The Morgan fingerprint density at radius 2 is 2.12 bits per heavy atom. The average Bonchev–Trinajstić information content (AvgIpc) is 2.15. The van der Waals surface area contributed by atoms with Crippen LogP contribution < -0.4 is 10.0 Å². The molecule has 0 bridgehead atoms. The Hall–Kier alpha value is -0.130. The van der Waals surface area contributed by atoms with Crippen LogP contribution in [0.2, 0.25) is 0 Å². The second kappa shape index (κ2) is 6.16. The molecule has 4 nitrogen and oxygen atoms in total. The van der Waals surface area contributed by atoms with Crippen LogP contribution in [0.4, 0.5) is 0 Å². The van der Waals surface area contributed by atoms with Gasteiger partial charge in [-0.2, -0.15) is 0 Å². The van der Waals surface area contributed by atoms with Crippen molar-refractivity contribution in [2.75, 3.05) is 18.8 Å². The molecule has 1 unspecified atom stereocenters. The predicted octanol–water partition coefficient (Wildman–Crippen LogP) is 1.48. The van der Waals surface area contributed by atoms with Crippen LogP contribution in [0.3, 0.4) is 0 Å². The third kappa shape index (κ3) is 5.84. The fraction of sp³-hybridized carbons (Fsp3) is 1.00. The van der Waals surface area contributed by atoms with Crippen LogP contribution in [0.25, 0.3) is 0 Å². The molecule has 1 atom stereocenters. The number of hydrogen-bond donors (Lipinski definition) is 2. The van der Waals surface area contributed by atoms with Crippen molar-refractivity contribution in [2.45, 2.75) is 52.0 Å². The molecular formula is C12H26N2O2S. The maximum atomic E-state index is 12.1. The summed E-state index contributed by atoms with van der Waals surface area (Å²) in [7, 11) is -3.15. The molecule has 17 heavy (non-hydrogen) atoms. The fourth-order valence-corrected chi connectivity index (χ4v) is 4.45. The largest absolute Gasteiger partial charge is 0.316 e. The summed E-state index contributed by atoms with van der Waals surface area (Å²) in [6.45, 7) is 7.82. The normalized spacial score (nSPS) is 22.6. The molecule has 102 valence electrons. The van der Waals surface area contributed by atoms with Gasteiger partial charge in [0.05, 0.1) is 5.75 Å². The summed E-state index contributed by atoms with van der Waals surface area (Å²) in [5.41, 5.74) is -0.324. The summed E-state index contributed by atoms with van der Waals surface area (Å²) in [6, 6.07) is 0. The number of hydrogen-bond acceptors (Lipinski definition) is 3. The smallest absolute Gasteiger partial charge is 0.212 e. The molecule has 1 rings (SSSR count). The molecule has 0 radical (unpaired) electrons. The molecule has 0 aromatic rings. The Morgan fingerprint density at radius 3 is 2.65 bits per heavy atom. The minimum absolute atomic E-state index is 0.257. The van der Waals surface area contributed by atoms with Gasteiger partial charge in [-0.05, 0) is 52.1 Å². The van der Waals surface area contributed by atoms with Crippen LogP contribution in [0.1, 0.15) is 46.5 Å². The SMILES string of the molecule is CCCC(C)(C)NS(=O)(=O)CC1CCCNC1. The molecule has 0 saturated carbocycles. The summed E-state index contributed by atoms with van der Waals surface area (Å²) in [5.74, 6) is 0.520. The van der Waals surface area contributed by atoms with E-state index in [1.807, 2.05) is 13.8 Å². The number of nitrogens with one attached hydrogen (secondary N) is 2. The van der Waals surface area contributed by atoms with Gasteiger partial charge in [-0.15, -0.1) is 0 Å². The molecule has 1 fully saturated rings. The first-order chi connectivity index (χ1) is 7.85. The second-order valence-electron chi connectivity index (χ2n) is 5.73. The third-order valence-electron chi connectivity index (χ3n) is 3.16. The summed E-state index contributed by atoms with van der Waals surface area (Å²) in [5, 5.41) is 3.25. The highest BCUT2D eigenvalue weighted by molar-refractivity contribution is 7.89. The minimum atomic E-state index is -3.15. The maximum absolute atomic E-state index is 12.1. The Morgan fingerprint density at radius 1 is 1.41 bits per heavy atom. The molecule has 1 heterocycles. The Kier molecular flexibility index (Phi) is 5.41. The van der Waals surface area contributed by atoms with E-state index in [2.05, 4.69) is 17.0 Å². The lowest BCUT2D eigenvalue weighted by molar-refractivity contribution is 0.389. The molecule has 0 aromatic heterocycles. The number of rotatable bonds is 6. The Balaban J connectivity index is 2.50. The van der Waals surface area contributed by atoms with Crippen LogP contribution in [-0.4, -0.2) is 32.8 Å². The molecule has 0 aromatic carbocycles. The molecular weight excluding hydrogens is 236 g/mol. The molecule has 0 amide bonds. The Labute approximate surface area is 106 Å². The summed E-state index contributed by atoms with van der Waals surface area (Å²) in [4.78, 5) is 0. The van der Waals surface area contributed by atoms with Gasteiger partial charge < -0.3 is 5.32 Å². The molecule has 0 aliphatic carbocycles. The first kappa shape index (κ1) is 14.9. The fourth-order valence-electron chi connectivity index (χ4n) is 2.52. The van der Waals surface area contributed by atoms with Crippen LogP contribution in [-0.2, 0) is 10.0 Å². The van der Waals surface area contributed by atoms with Crippen molar-refractivity contribution >= 4 is 10.0 Å².